The van der Waals surface area contributed by atoms with E-state index < -0.39 is 5.41 Å². The third kappa shape index (κ3) is 7.55. The lowest BCUT2D eigenvalue weighted by atomic mass is 9.67. The van der Waals surface area contributed by atoms with Gasteiger partial charge in [-0.3, -0.25) is 0 Å². The minimum atomic E-state index is -0.571. The molecular weight excluding hydrogens is 971 g/mol. The first-order valence-corrected chi connectivity index (χ1v) is 28.3. The quantitative estimate of drug-likeness (QED) is 0.152. The van der Waals surface area contributed by atoms with Crippen LogP contribution in [0.1, 0.15) is 81.7 Å². The Hall–Kier alpha value is -9.18. The highest BCUT2D eigenvalue weighted by molar-refractivity contribution is 6.07. The van der Waals surface area contributed by atoms with E-state index in [1.807, 2.05) is 24.3 Å². The predicted molar refractivity (Wildman–Crippen MR) is 335 cm³/mol. The Bertz CT molecular complexity index is 4420. The molecule has 2 aliphatic carbocycles. The SMILES string of the molecule is CC(C)(C)CC(c1ccccc1-c1ccc2c(c1)C1(c3ccccc3-2)c2ccccc2-c2ccc(N(c3ccc(-c4ccc5oc6ccccc6c5c4)cc3)c3ccc(-c4ccc5oc6ccccc6c5c4)cc3)cc21)C(C)(C)C. The Labute approximate surface area is 468 Å². The molecule has 80 heavy (non-hydrogen) atoms. The van der Waals surface area contributed by atoms with Crippen LogP contribution in [0.5, 0.6) is 0 Å². The monoisotopic (exact) mass is 1030 g/mol. The van der Waals surface area contributed by atoms with Crippen LogP contribution >= 0.6 is 0 Å². The van der Waals surface area contributed by atoms with E-state index in [1.165, 1.54) is 61.2 Å². The van der Waals surface area contributed by atoms with Crippen LogP contribution < -0.4 is 4.90 Å². The molecule has 11 aromatic carbocycles. The average Bonchev–Trinajstić information content (AvgIpc) is 3.68. The fraction of sp³-hybridized carbons (Fsp3) is 0.143. The summed E-state index contributed by atoms with van der Waals surface area (Å²) in [6.45, 7) is 14.4. The van der Waals surface area contributed by atoms with Crippen molar-refractivity contribution in [2.24, 2.45) is 10.8 Å². The molecule has 0 saturated carbocycles. The van der Waals surface area contributed by atoms with Gasteiger partial charge in [-0.15, -0.1) is 0 Å². The van der Waals surface area contributed by atoms with E-state index in [9.17, 15) is 0 Å². The number of anilines is 3. The van der Waals surface area contributed by atoms with Crippen molar-refractivity contribution in [2.75, 3.05) is 4.90 Å². The lowest BCUT2D eigenvalue weighted by molar-refractivity contribution is 0.229. The molecule has 2 atom stereocenters. The van der Waals surface area contributed by atoms with E-state index in [0.29, 0.717) is 5.92 Å². The zero-order valence-corrected chi connectivity index (χ0v) is 46.1. The number of nitrogens with zero attached hydrogens (tertiary/aromatic N) is 1. The Morgan fingerprint density at radius 3 is 1.29 bits per heavy atom. The van der Waals surface area contributed by atoms with Crippen LogP contribution in [0.3, 0.4) is 0 Å². The molecule has 15 rings (SSSR count). The third-order valence-electron chi connectivity index (χ3n) is 17.5. The fourth-order valence-corrected chi connectivity index (χ4v) is 13.9. The number of furan rings is 2. The largest absolute Gasteiger partial charge is 0.456 e. The molecule has 2 heterocycles. The van der Waals surface area contributed by atoms with Crippen LogP contribution in [-0.4, -0.2) is 0 Å². The molecule has 3 heteroatoms. The van der Waals surface area contributed by atoms with Gasteiger partial charge < -0.3 is 13.7 Å². The summed E-state index contributed by atoms with van der Waals surface area (Å²) in [5, 5.41) is 4.50. The molecule has 13 aromatic rings. The topological polar surface area (TPSA) is 29.5 Å². The molecule has 1 spiro atoms. The first-order chi connectivity index (χ1) is 38.9. The van der Waals surface area contributed by atoms with Gasteiger partial charge in [0.1, 0.15) is 22.3 Å². The molecular formula is C77H61NO2. The molecule has 0 bridgehead atoms. The van der Waals surface area contributed by atoms with E-state index >= 15 is 0 Å². The van der Waals surface area contributed by atoms with Gasteiger partial charge in [0.2, 0.25) is 0 Å². The van der Waals surface area contributed by atoms with Gasteiger partial charge in [0.05, 0.1) is 5.41 Å². The first-order valence-electron chi connectivity index (χ1n) is 28.3. The van der Waals surface area contributed by atoms with E-state index in [-0.39, 0.29) is 10.8 Å². The molecule has 0 radical (unpaired) electrons. The summed E-state index contributed by atoms with van der Waals surface area (Å²) >= 11 is 0. The van der Waals surface area contributed by atoms with Gasteiger partial charge in [-0.05, 0) is 185 Å². The van der Waals surface area contributed by atoms with E-state index in [2.05, 4.69) is 265 Å². The lowest BCUT2D eigenvalue weighted by Gasteiger charge is -2.37. The Kier molecular flexibility index (Phi) is 10.8. The van der Waals surface area contributed by atoms with Gasteiger partial charge in [-0.1, -0.05) is 205 Å². The summed E-state index contributed by atoms with van der Waals surface area (Å²) in [7, 11) is 0. The number of para-hydroxylation sites is 2. The molecule has 386 valence electrons. The van der Waals surface area contributed by atoms with Gasteiger partial charge in [0.15, 0.2) is 0 Å². The zero-order valence-electron chi connectivity index (χ0n) is 46.1. The summed E-state index contributed by atoms with van der Waals surface area (Å²) in [6.07, 6.45) is 1.09. The Balaban J connectivity index is 0.903. The molecule has 3 nitrogen and oxygen atoms in total. The molecule has 0 N–H and O–H groups in total. The lowest BCUT2D eigenvalue weighted by Crippen LogP contribution is -2.26. The molecule has 0 amide bonds. The van der Waals surface area contributed by atoms with Gasteiger partial charge in [-0.25, -0.2) is 0 Å². The standard InChI is InChI=1S/C77H61NO2/c1-75(2,3)47-70(76(4,5)6)57-18-8-7-17-56(57)52-31-39-60-58-19-9-13-23-66(58)77(68(60)45-52)67-24-14-10-20-59(67)61-40-38-55(46-69(61)77)78(53-34-27-48(28-35-53)50-32-41-73-64(43-50)62-21-11-15-25-71(62)79-73)54-36-29-49(30-37-54)51-33-42-74-65(44-51)63-22-12-16-26-72(63)80-74/h7-46,70H,47H2,1-6H3. The van der Waals surface area contributed by atoms with Crippen LogP contribution in [0.15, 0.2) is 251 Å². The second-order valence-corrected chi connectivity index (χ2v) is 24.6. The highest BCUT2D eigenvalue weighted by Gasteiger charge is 2.52. The molecule has 0 fully saturated rings. The van der Waals surface area contributed by atoms with Crippen molar-refractivity contribution in [1.29, 1.82) is 0 Å². The van der Waals surface area contributed by atoms with Gasteiger partial charge >= 0.3 is 0 Å². The van der Waals surface area contributed by atoms with E-state index in [0.717, 1.165) is 89.6 Å². The summed E-state index contributed by atoms with van der Waals surface area (Å²) in [6, 6.07) is 90.1. The van der Waals surface area contributed by atoms with Crippen molar-refractivity contribution in [3.8, 4) is 55.6 Å². The van der Waals surface area contributed by atoms with Crippen LogP contribution in [-0.2, 0) is 5.41 Å². The van der Waals surface area contributed by atoms with Crippen LogP contribution in [0, 0.1) is 10.8 Å². The third-order valence-corrected chi connectivity index (χ3v) is 17.5. The Morgan fingerprint density at radius 2 is 0.750 bits per heavy atom. The van der Waals surface area contributed by atoms with Crippen molar-refractivity contribution in [2.45, 2.75) is 59.3 Å². The normalized spacial score (nSPS) is 14.9. The van der Waals surface area contributed by atoms with Gasteiger partial charge in [-0.2, -0.15) is 0 Å². The number of hydrogen-bond acceptors (Lipinski definition) is 3. The Morgan fingerprint density at radius 1 is 0.338 bits per heavy atom. The minimum Gasteiger partial charge on any atom is -0.456 e. The van der Waals surface area contributed by atoms with Crippen molar-refractivity contribution >= 4 is 60.9 Å². The first kappa shape index (κ1) is 48.0. The van der Waals surface area contributed by atoms with Crippen molar-refractivity contribution in [3.05, 3.63) is 270 Å². The maximum atomic E-state index is 6.24. The number of fused-ring (bicyclic) bond motifs is 16. The van der Waals surface area contributed by atoms with Crippen molar-refractivity contribution < 1.29 is 8.83 Å². The summed E-state index contributed by atoms with van der Waals surface area (Å²) in [4.78, 5) is 2.44. The molecule has 0 saturated heterocycles. The number of hydrogen-bond donors (Lipinski definition) is 0. The van der Waals surface area contributed by atoms with E-state index in [4.69, 9.17) is 8.83 Å². The summed E-state index contributed by atoms with van der Waals surface area (Å²) < 4.78 is 12.5. The van der Waals surface area contributed by atoms with Crippen LogP contribution in [0.2, 0.25) is 0 Å². The fourth-order valence-electron chi connectivity index (χ4n) is 13.9. The predicted octanol–water partition coefficient (Wildman–Crippen LogP) is 21.9. The number of benzene rings is 11. The second kappa shape index (κ2) is 17.9. The summed E-state index contributed by atoms with van der Waals surface area (Å²) in [5.74, 6) is 0.365. The maximum absolute atomic E-state index is 6.24. The highest BCUT2D eigenvalue weighted by Crippen LogP contribution is 2.64. The molecule has 0 aliphatic heterocycles. The molecule has 2 aliphatic rings. The summed E-state index contributed by atoms with van der Waals surface area (Å²) in [5.41, 5.74) is 25.5. The second-order valence-electron chi connectivity index (χ2n) is 24.6. The molecule has 2 aromatic heterocycles. The van der Waals surface area contributed by atoms with E-state index in [1.54, 1.807) is 0 Å². The highest BCUT2D eigenvalue weighted by atomic mass is 16.3. The van der Waals surface area contributed by atoms with Crippen molar-refractivity contribution in [1.82, 2.24) is 0 Å². The maximum Gasteiger partial charge on any atom is 0.135 e. The van der Waals surface area contributed by atoms with Crippen LogP contribution in [0.25, 0.3) is 99.5 Å². The average molecular weight is 1030 g/mol. The smallest absolute Gasteiger partial charge is 0.135 e. The van der Waals surface area contributed by atoms with Crippen molar-refractivity contribution in [3.63, 3.8) is 0 Å². The zero-order chi connectivity index (χ0) is 54.1. The van der Waals surface area contributed by atoms with Crippen LogP contribution in [0.4, 0.5) is 17.1 Å². The molecule has 2 unspecified atom stereocenters. The minimum absolute atomic E-state index is 0.0671. The van der Waals surface area contributed by atoms with Gasteiger partial charge in [0.25, 0.3) is 0 Å². The number of rotatable bonds is 8. The van der Waals surface area contributed by atoms with Gasteiger partial charge in [0, 0.05) is 38.6 Å².